The molecule has 29 heavy (non-hydrogen) atoms. The fourth-order valence-corrected chi connectivity index (χ4v) is 2.65. The van der Waals surface area contributed by atoms with Crippen LogP contribution in [0.25, 0.3) is 0 Å². The van der Waals surface area contributed by atoms with Gasteiger partial charge in [-0.15, -0.1) is 5.10 Å². The van der Waals surface area contributed by atoms with Crippen molar-refractivity contribution in [2.24, 2.45) is 0 Å². The van der Waals surface area contributed by atoms with Gasteiger partial charge in [-0.25, -0.2) is 9.48 Å². The van der Waals surface area contributed by atoms with E-state index >= 15 is 0 Å². The number of rotatable bonds is 7. The lowest BCUT2D eigenvalue weighted by Crippen LogP contribution is -2.34. The molecule has 0 fully saturated rings. The molecule has 0 unspecified atom stereocenters. The van der Waals surface area contributed by atoms with Crippen LogP contribution >= 0.6 is 0 Å². The molecule has 9 nitrogen and oxygen atoms in total. The lowest BCUT2D eigenvalue weighted by atomic mass is 10.1. The summed E-state index contributed by atoms with van der Waals surface area (Å²) < 4.78 is 6.67. The van der Waals surface area contributed by atoms with Gasteiger partial charge in [0.05, 0.1) is 11.6 Å². The molecule has 0 aliphatic rings. The van der Waals surface area contributed by atoms with Gasteiger partial charge in [0.15, 0.2) is 12.1 Å². The number of nitrogens with one attached hydrogen (secondary N) is 1. The summed E-state index contributed by atoms with van der Waals surface area (Å²) in [6.45, 7) is 1.47. The molecule has 146 valence electrons. The van der Waals surface area contributed by atoms with Crippen molar-refractivity contribution >= 4 is 17.6 Å². The summed E-state index contributed by atoms with van der Waals surface area (Å²) in [4.78, 5) is 25.1. The number of anilines is 1. The molecule has 0 radical (unpaired) electrons. The molecule has 0 aliphatic heterocycles. The van der Waals surface area contributed by atoms with Crippen LogP contribution in [0, 0.1) is 11.3 Å². The van der Waals surface area contributed by atoms with E-state index in [1.165, 1.54) is 24.0 Å². The van der Waals surface area contributed by atoms with E-state index in [1.54, 1.807) is 18.2 Å². The van der Waals surface area contributed by atoms with E-state index in [9.17, 15) is 9.59 Å². The van der Waals surface area contributed by atoms with Crippen molar-refractivity contribution in [3.63, 3.8) is 0 Å². The van der Waals surface area contributed by atoms with Crippen LogP contribution in [0.3, 0.4) is 0 Å². The zero-order chi connectivity index (χ0) is 20.6. The van der Waals surface area contributed by atoms with Crippen LogP contribution in [0.5, 0.6) is 0 Å². The fraction of sp³-hybridized carbons (Fsp3) is 0.200. The van der Waals surface area contributed by atoms with Crippen LogP contribution in [-0.4, -0.2) is 38.2 Å². The second-order valence-electron chi connectivity index (χ2n) is 6.26. The smallest absolute Gasteiger partial charge is 0.332 e. The van der Waals surface area contributed by atoms with Gasteiger partial charge in [-0.3, -0.25) is 4.79 Å². The summed E-state index contributed by atoms with van der Waals surface area (Å²) in [6, 6.07) is 17.0. The third-order valence-electron chi connectivity index (χ3n) is 4.15. The van der Waals surface area contributed by atoms with Crippen molar-refractivity contribution in [2.75, 3.05) is 5.32 Å². The summed E-state index contributed by atoms with van der Waals surface area (Å²) in [5.41, 5.74) is 1.75. The highest BCUT2D eigenvalue weighted by Crippen LogP contribution is 2.17. The Labute approximate surface area is 166 Å². The highest BCUT2D eigenvalue weighted by molar-refractivity contribution is 5.95. The first-order chi connectivity index (χ1) is 14.1. The zero-order valence-electron chi connectivity index (χ0n) is 15.6. The number of ether oxygens (including phenoxy) is 1. The molecule has 3 rings (SSSR count). The maximum absolute atomic E-state index is 12.8. The number of benzene rings is 2. The molecule has 0 saturated heterocycles. The highest BCUT2D eigenvalue weighted by Gasteiger charge is 2.28. The minimum Gasteiger partial charge on any atom is -0.451 e. The summed E-state index contributed by atoms with van der Waals surface area (Å²) in [7, 11) is 0. The molecule has 1 amide bonds. The molecule has 0 aliphatic carbocycles. The molecular weight excluding hydrogens is 372 g/mol. The second-order valence-corrected chi connectivity index (χ2v) is 6.26. The number of tetrazole rings is 1. The Morgan fingerprint density at radius 1 is 1.21 bits per heavy atom. The summed E-state index contributed by atoms with van der Waals surface area (Å²) in [5, 5.41) is 22.5. The van der Waals surface area contributed by atoms with Gasteiger partial charge in [0, 0.05) is 12.1 Å². The highest BCUT2D eigenvalue weighted by atomic mass is 16.5. The van der Waals surface area contributed by atoms with Gasteiger partial charge in [0.25, 0.3) is 5.91 Å². The maximum atomic E-state index is 12.8. The lowest BCUT2D eigenvalue weighted by Gasteiger charge is -2.19. The standard InChI is InChI=1S/C20H18N6O3/c1-14(19(27)23-17-9-5-8-16(10-17)12-21)29-20(28)18(26-13-22-24-25-26)11-15-6-3-2-4-7-15/h2-10,13-14,18H,11H2,1H3,(H,23,27)/t14-,18+/m0/s1. The summed E-state index contributed by atoms with van der Waals surface area (Å²) in [5.74, 6) is -1.14. The maximum Gasteiger partial charge on any atom is 0.332 e. The minimum atomic E-state index is -1.05. The van der Waals surface area contributed by atoms with Gasteiger partial charge in [-0.1, -0.05) is 36.4 Å². The molecule has 1 N–H and O–H groups in total. The molecule has 2 atom stereocenters. The van der Waals surface area contributed by atoms with Crippen molar-refractivity contribution < 1.29 is 14.3 Å². The van der Waals surface area contributed by atoms with E-state index in [4.69, 9.17) is 10.00 Å². The Hall–Kier alpha value is -4.06. The first kappa shape index (κ1) is 19.7. The van der Waals surface area contributed by atoms with Crippen LogP contribution in [-0.2, 0) is 20.7 Å². The van der Waals surface area contributed by atoms with Gasteiger partial charge in [-0.2, -0.15) is 5.26 Å². The van der Waals surface area contributed by atoms with E-state index in [1.807, 2.05) is 36.4 Å². The third-order valence-corrected chi connectivity index (χ3v) is 4.15. The summed E-state index contributed by atoms with van der Waals surface area (Å²) in [6.07, 6.45) is 0.582. The first-order valence-electron chi connectivity index (χ1n) is 8.84. The Balaban J connectivity index is 1.68. The van der Waals surface area contributed by atoms with Crippen LogP contribution < -0.4 is 5.32 Å². The van der Waals surface area contributed by atoms with Crippen LogP contribution in [0.4, 0.5) is 5.69 Å². The molecule has 0 bridgehead atoms. The van der Waals surface area contributed by atoms with Gasteiger partial charge in [-0.05, 0) is 41.1 Å². The number of amides is 1. The normalized spacial score (nSPS) is 12.4. The number of nitriles is 1. The van der Waals surface area contributed by atoms with Crippen molar-refractivity contribution in [1.82, 2.24) is 20.2 Å². The SMILES string of the molecule is C[C@H](OC(=O)[C@@H](Cc1ccccc1)n1cnnn1)C(=O)Nc1cccc(C#N)c1. The van der Waals surface area contributed by atoms with Crippen molar-refractivity contribution in [1.29, 1.82) is 5.26 Å². The molecule has 1 heterocycles. The van der Waals surface area contributed by atoms with E-state index in [0.717, 1.165) is 5.56 Å². The number of aromatic nitrogens is 4. The van der Waals surface area contributed by atoms with Gasteiger partial charge in [0.1, 0.15) is 6.33 Å². The van der Waals surface area contributed by atoms with Crippen LogP contribution in [0.2, 0.25) is 0 Å². The van der Waals surface area contributed by atoms with Crippen LogP contribution in [0.15, 0.2) is 60.9 Å². The van der Waals surface area contributed by atoms with Gasteiger partial charge >= 0.3 is 5.97 Å². The topological polar surface area (TPSA) is 123 Å². The predicted molar refractivity (Wildman–Crippen MR) is 102 cm³/mol. The van der Waals surface area contributed by atoms with Gasteiger partial charge in [0.2, 0.25) is 0 Å². The monoisotopic (exact) mass is 390 g/mol. The number of hydrogen-bond donors (Lipinski definition) is 1. The molecule has 2 aromatic carbocycles. The molecule has 3 aromatic rings. The van der Waals surface area contributed by atoms with Crippen molar-refractivity contribution in [3.8, 4) is 6.07 Å². The largest absolute Gasteiger partial charge is 0.451 e. The number of carbonyl (C=O) groups is 2. The first-order valence-corrected chi connectivity index (χ1v) is 8.84. The summed E-state index contributed by atoms with van der Waals surface area (Å²) >= 11 is 0. The Morgan fingerprint density at radius 3 is 2.69 bits per heavy atom. The Bertz CT molecular complexity index is 1010. The van der Waals surface area contributed by atoms with Crippen molar-refractivity contribution in [2.45, 2.75) is 25.5 Å². The molecule has 0 spiro atoms. The number of carbonyl (C=O) groups excluding carboxylic acids is 2. The number of esters is 1. The minimum absolute atomic E-state index is 0.309. The second kappa shape index (κ2) is 9.23. The van der Waals surface area contributed by atoms with E-state index in [0.29, 0.717) is 17.7 Å². The van der Waals surface area contributed by atoms with E-state index < -0.39 is 24.0 Å². The lowest BCUT2D eigenvalue weighted by molar-refractivity contribution is -0.156. The van der Waals surface area contributed by atoms with Crippen molar-refractivity contribution in [3.05, 3.63) is 72.1 Å². The fourth-order valence-electron chi connectivity index (χ4n) is 2.65. The van der Waals surface area contributed by atoms with Crippen LogP contribution in [0.1, 0.15) is 24.1 Å². The Morgan fingerprint density at radius 2 is 2.00 bits per heavy atom. The van der Waals surface area contributed by atoms with E-state index in [2.05, 4.69) is 20.8 Å². The zero-order valence-corrected chi connectivity index (χ0v) is 15.6. The predicted octanol–water partition coefficient (Wildman–Crippen LogP) is 1.90. The third kappa shape index (κ3) is 5.23. The number of hydrogen-bond acceptors (Lipinski definition) is 7. The number of nitrogens with zero attached hydrogens (tertiary/aromatic N) is 5. The molecule has 0 saturated carbocycles. The average Bonchev–Trinajstić information content (AvgIpc) is 3.27. The molecule has 9 heteroatoms. The molecule has 1 aromatic heterocycles. The average molecular weight is 390 g/mol. The van der Waals surface area contributed by atoms with E-state index in [-0.39, 0.29) is 0 Å². The molecular formula is C20H18N6O3. The quantitative estimate of drug-likeness (QED) is 0.611. The Kier molecular flexibility index (Phi) is 6.27. The van der Waals surface area contributed by atoms with Gasteiger partial charge < -0.3 is 10.1 Å².